The highest BCUT2D eigenvalue weighted by molar-refractivity contribution is 5.92. The van der Waals surface area contributed by atoms with Gasteiger partial charge in [-0.1, -0.05) is 33.8 Å². The molecule has 0 aliphatic heterocycles. The predicted molar refractivity (Wildman–Crippen MR) is 74.7 cm³/mol. The third-order valence-electron chi connectivity index (χ3n) is 3.51. The van der Waals surface area contributed by atoms with Gasteiger partial charge in [0.2, 0.25) is 0 Å². The smallest absolute Gasteiger partial charge is 0.269 e. The van der Waals surface area contributed by atoms with Crippen molar-refractivity contribution >= 4 is 11.7 Å². The molecule has 1 aromatic heterocycles. The quantitative estimate of drug-likeness (QED) is 0.843. The number of pyridine rings is 1. The Hall–Kier alpha value is -1.58. The van der Waals surface area contributed by atoms with E-state index in [4.69, 9.17) is 0 Å². The Morgan fingerprint density at radius 1 is 1.39 bits per heavy atom. The Morgan fingerprint density at radius 3 is 2.61 bits per heavy atom. The summed E-state index contributed by atoms with van der Waals surface area (Å²) in [5, 5.41) is 5.86. The van der Waals surface area contributed by atoms with Gasteiger partial charge in [-0.3, -0.25) is 4.79 Å². The average Bonchev–Trinajstić information content (AvgIpc) is 2.36. The Morgan fingerprint density at radius 2 is 2.06 bits per heavy atom. The normalized spacial score (nSPS) is 11.4. The molecule has 2 N–H and O–H groups in total. The first kappa shape index (κ1) is 14.5. The number of carbonyl (C=O) groups is 1. The fourth-order valence-corrected chi connectivity index (χ4v) is 1.30. The van der Waals surface area contributed by atoms with Crippen molar-refractivity contribution in [3.8, 4) is 0 Å². The van der Waals surface area contributed by atoms with Gasteiger partial charge in [-0.25, -0.2) is 4.98 Å². The van der Waals surface area contributed by atoms with Crippen LogP contribution in [0, 0.1) is 11.3 Å². The summed E-state index contributed by atoms with van der Waals surface area (Å²) in [6.07, 6.45) is 0. The first-order valence-corrected chi connectivity index (χ1v) is 6.30. The highest BCUT2D eigenvalue weighted by atomic mass is 16.1. The Bertz CT molecular complexity index is 413. The van der Waals surface area contributed by atoms with E-state index in [1.807, 2.05) is 12.1 Å². The lowest BCUT2D eigenvalue weighted by atomic mass is 9.81. The zero-order valence-corrected chi connectivity index (χ0v) is 11.9. The van der Waals surface area contributed by atoms with Gasteiger partial charge in [0.05, 0.1) is 0 Å². The molecule has 0 fully saturated rings. The van der Waals surface area contributed by atoms with E-state index in [2.05, 4.69) is 43.3 Å². The molecule has 0 unspecified atom stereocenters. The molecule has 1 heterocycles. The number of amides is 1. The van der Waals surface area contributed by atoms with Crippen molar-refractivity contribution in [3.63, 3.8) is 0 Å². The molecule has 0 radical (unpaired) electrons. The van der Waals surface area contributed by atoms with Crippen LogP contribution < -0.4 is 10.6 Å². The molecule has 18 heavy (non-hydrogen) atoms. The number of hydrogen-bond donors (Lipinski definition) is 2. The largest absolute Gasteiger partial charge is 0.373 e. The Labute approximate surface area is 109 Å². The number of nitrogens with zero attached hydrogens (tertiary/aromatic N) is 1. The van der Waals surface area contributed by atoms with Gasteiger partial charge in [-0.2, -0.15) is 0 Å². The first-order chi connectivity index (χ1) is 8.36. The molecular weight excluding hydrogens is 226 g/mol. The molecule has 0 saturated heterocycles. The maximum Gasteiger partial charge on any atom is 0.269 e. The summed E-state index contributed by atoms with van der Waals surface area (Å²) < 4.78 is 0. The summed E-state index contributed by atoms with van der Waals surface area (Å²) in [6, 6.07) is 5.37. The van der Waals surface area contributed by atoms with Crippen LogP contribution in [-0.4, -0.2) is 24.5 Å². The minimum absolute atomic E-state index is 0.0796. The van der Waals surface area contributed by atoms with Crippen LogP contribution in [0.3, 0.4) is 0 Å². The molecule has 0 aromatic carbocycles. The number of aromatic nitrogens is 1. The Kier molecular flexibility index (Phi) is 4.70. The van der Waals surface area contributed by atoms with Gasteiger partial charge >= 0.3 is 0 Å². The van der Waals surface area contributed by atoms with E-state index in [9.17, 15) is 4.79 Å². The van der Waals surface area contributed by atoms with Crippen LogP contribution in [0.15, 0.2) is 18.2 Å². The summed E-state index contributed by atoms with van der Waals surface area (Å²) in [7, 11) is 1.78. The van der Waals surface area contributed by atoms with E-state index >= 15 is 0 Å². The van der Waals surface area contributed by atoms with E-state index in [0.717, 1.165) is 0 Å². The van der Waals surface area contributed by atoms with Crippen LogP contribution in [0.1, 0.15) is 38.2 Å². The maximum absolute atomic E-state index is 12.0. The average molecular weight is 249 g/mol. The third kappa shape index (κ3) is 3.72. The van der Waals surface area contributed by atoms with Crippen molar-refractivity contribution in [2.24, 2.45) is 11.3 Å². The fraction of sp³-hybridized carbons (Fsp3) is 0.571. The molecule has 0 aliphatic rings. The topological polar surface area (TPSA) is 54.0 Å². The molecule has 0 bridgehead atoms. The van der Waals surface area contributed by atoms with Crippen molar-refractivity contribution in [2.75, 3.05) is 18.9 Å². The van der Waals surface area contributed by atoms with Gasteiger partial charge in [-0.15, -0.1) is 0 Å². The molecule has 100 valence electrons. The highest BCUT2D eigenvalue weighted by Crippen LogP contribution is 2.24. The summed E-state index contributed by atoms with van der Waals surface area (Å²) in [5.74, 6) is 1.08. The van der Waals surface area contributed by atoms with E-state index in [-0.39, 0.29) is 11.3 Å². The minimum atomic E-state index is -0.124. The maximum atomic E-state index is 12.0. The van der Waals surface area contributed by atoms with E-state index in [1.165, 1.54) is 0 Å². The first-order valence-electron chi connectivity index (χ1n) is 6.30. The lowest BCUT2D eigenvalue weighted by Crippen LogP contribution is -2.37. The monoisotopic (exact) mass is 249 g/mol. The molecule has 4 nitrogen and oxygen atoms in total. The fourth-order valence-electron chi connectivity index (χ4n) is 1.30. The summed E-state index contributed by atoms with van der Waals surface area (Å²) in [6.45, 7) is 9.26. The summed E-state index contributed by atoms with van der Waals surface area (Å²) >= 11 is 0. The summed E-state index contributed by atoms with van der Waals surface area (Å²) in [5.41, 5.74) is 0.525. The third-order valence-corrected chi connectivity index (χ3v) is 3.51. The molecule has 0 saturated carbocycles. The van der Waals surface area contributed by atoms with Crippen LogP contribution in [0.25, 0.3) is 0 Å². The zero-order chi connectivity index (χ0) is 13.8. The molecule has 0 aliphatic carbocycles. The summed E-state index contributed by atoms with van der Waals surface area (Å²) in [4.78, 5) is 16.2. The van der Waals surface area contributed by atoms with Crippen LogP contribution >= 0.6 is 0 Å². The number of hydrogen-bond acceptors (Lipinski definition) is 3. The van der Waals surface area contributed by atoms with Gasteiger partial charge in [0.25, 0.3) is 5.91 Å². The molecule has 0 spiro atoms. The van der Waals surface area contributed by atoms with Crippen molar-refractivity contribution < 1.29 is 4.79 Å². The van der Waals surface area contributed by atoms with E-state index in [1.54, 1.807) is 13.1 Å². The zero-order valence-electron chi connectivity index (χ0n) is 11.9. The second-order valence-corrected chi connectivity index (χ2v) is 5.48. The van der Waals surface area contributed by atoms with Crippen LogP contribution in [-0.2, 0) is 0 Å². The number of nitrogens with one attached hydrogen (secondary N) is 2. The molecule has 1 rings (SSSR count). The minimum Gasteiger partial charge on any atom is -0.373 e. The lowest BCUT2D eigenvalue weighted by Gasteiger charge is -2.29. The lowest BCUT2D eigenvalue weighted by molar-refractivity contribution is 0.0920. The SMILES string of the molecule is CNc1cccc(C(=O)NCC(C)(C)C(C)C)n1. The van der Waals surface area contributed by atoms with Crippen molar-refractivity contribution in [3.05, 3.63) is 23.9 Å². The van der Waals surface area contributed by atoms with Gasteiger partial charge in [0, 0.05) is 13.6 Å². The van der Waals surface area contributed by atoms with Gasteiger partial charge < -0.3 is 10.6 Å². The molecule has 0 atom stereocenters. The molecule has 1 amide bonds. The second kappa shape index (κ2) is 5.85. The van der Waals surface area contributed by atoms with E-state index < -0.39 is 0 Å². The van der Waals surface area contributed by atoms with Crippen LogP contribution in [0.5, 0.6) is 0 Å². The standard InChI is InChI=1S/C14H23N3O/c1-10(2)14(3,4)9-16-13(18)11-7-6-8-12(15-5)17-11/h6-8,10H,9H2,1-5H3,(H,15,17)(H,16,18). The molecule has 1 aromatic rings. The van der Waals surface area contributed by atoms with Crippen molar-refractivity contribution in [2.45, 2.75) is 27.7 Å². The highest BCUT2D eigenvalue weighted by Gasteiger charge is 2.23. The second-order valence-electron chi connectivity index (χ2n) is 5.48. The van der Waals surface area contributed by atoms with Crippen LogP contribution in [0.2, 0.25) is 0 Å². The number of rotatable bonds is 5. The van der Waals surface area contributed by atoms with Crippen molar-refractivity contribution in [1.82, 2.24) is 10.3 Å². The molecule has 4 heteroatoms. The Balaban J connectivity index is 2.66. The van der Waals surface area contributed by atoms with Crippen LogP contribution in [0.4, 0.5) is 5.82 Å². The van der Waals surface area contributed by atoms with Gasteiger partial charge in [-0.05, 0) is 23.5 Å². The molecular formula is C14H23N3O. The predicted octanol–water partition coefficient (Wildman–Crippen LogP) is 2.54. The number of anilines is 1. The van der Waals surface area contributed by atoms with Crippen molar-refractivity contribution in [1.29, 1.82) is 0 Å². The van der Waals surface area contributed by atoms with Gasteiger partial charge in [0.15, 0.2) is 0 Å². The van der Waals surface area contributed by atoms with Gasteiger partial charge in [0.1, 0.15) is 11.5 Å². The number of carbonyl (C=O) groups excluding carboxylic acids is 1. The van der Waals surface area contributed by atoms with E-state index in [0.29, 0.717) is 24.0 Å².